The Morgan fingerprint density at radius 2 is 2.00 bits per heavy atom. The maximum atomic E-state index is 12.4. The zero-order chi connectivity index (χ0) is 20.1. The lowest BCUT2D eigenvalue weighted by molar-refractivity contribution is 0.0947. The predicted molar refractivity (Wildman–Crippen MR) is 110 cm³/mol. The Kier molecular flexibility index (Phi) is 6.26. The topological polar surface area (TPSA) is 78.8 Å². The van der Waals surface area contributed by atoms with E-state index < -0.39 is 0 Å². The van der Waals surface area contributed by atoms with Crippen molar-refractivity contribution >= 4 is 5.91 Å². The predicted octanol–water partition coefficient (Wildman–Crippen LogP) is 2.68. The number of aryl methyl sites for hydroxylation is 2. The number of carbonyl (C=O) groups is 1. The molecule has 0 bridgehead atoms. The SMILES string of the molecule is Cc1nn(C)c(C)c1-c1cc(C(=O)NCCCN(C)Cc2ccccc2)[nH]n1. The van der Waals surface area contributed by atoms with E-state index in [1.54, 1.807) is 6.07 Å². The fourth-order valence-corrected chi connectivity index (χ4v) is 3.33. The lowest BCUT2D eigenvalue weighted by Crippen LogP contribution is -2.28. The minimum absolute atomic E-state index is 0.136. The number of rotatable bonds is 8. The van der Waals surface area contributed by atoms with Crippen molar-refractivity contribution in [2.75, 3.05) is 20.1 Å². The van der Waals surface area contributed by atoms with Crippen LogP contribution in [0.25, 0.3) is 11.3 Å². The van der Waals surface area contributed by atoms with Crippen molar-refractivity contribution < 1.29 is 4.79 Å². The quantitative estimate of drug-likeness (QED) is 0.589. The van der Waals surface area contributed by atoms with Crippen molar-refractivity contribution in [2.24, 2.45) is 7.05 Å². The molecule has 148 valence electrons. The largest absolute Gasteiger partial charge is 0.351 e. The van der Waals surface area contributed by atoms with E-state index in [-0.39, 0.29) is 5.91 Å². The Morgan fingerprint density at radius 3 is 2.68 bits per heavy atom. The summed E-state index contributed by atoms with van der Waals surface area (Å²) in [5, 5.41) is 14.5. The van der Waals surface area contributed by atoms with Crippen LogP contribution in [0.4, 0.5) is 0 Å². The van der Waals surface area contributed by atoms with E-state index in [2.05, 4.69) is 56.8 Å². The van der Waals surface area contributed by atoms with Crippen LogP contribution in [-0.4, -0.2) is 50.9 Å². The van der Waals surface area contributed by atoms with Crippen molar-refractivity contribution in [3.05, 3.63) is 59.0 Å². The van der Waals surface area contributed by atoms with Crippen LogP contribution in [0.15, 0.2) is 36.4 Å². The van der Waals surface area contributed by atoms with Gasteiger partial charge >= 0.3 is 0 Å². The van der Waals surface area contributed by atoms with Crippen molar-refractivity contribution in [2.45, 2.75) is 26.8 Å². The molecule has 3 rings (SSSR count). The first-order valence-electron chi connectivity index (χ1n) is 9.52. The first-order chi connectivity index (χ1) is 13.5. The van der Waals surface area contributed by atoms with Crippen molar-refractivity contribution in [3.8, 4) is 11.3 Å². The molecule has 1 aromatic carbocycles. The van der Waals surface area contributed by atoms with Gasteiger partial charge in [-0.3, -0.25) is 14.6 Å². The molecule has 2 aromatic heterocycles. The van der Waals surface area contributed by atoms with Gasteiger partial charge in [0.25, 0.3) is 5.91 Å². The molecule has 0 radical (unpaired) electrons. The van der Waals surface area contributed by atoms with Gasteiger partial charge in [0.05, 0.1) is 11.4 Å². The number of hydrogen-bond acceptors (Lipinski definition) is 4. The third-order valence-electron chi connectivity index (χ3n) is 4.89. The number of H-pyrrole nitrogens is 1. The Labute approximate surface area is 165 Å². The molecular weight excluding hydrogens is 352 g/mol. The van der Waals surface area contributed by atoms with Crippen LogP contribution in [0.5, 0.6) is 0 Å². The van der Waals surface area contributed by atoms with Gasteiger partial charge in [0.2, 0.25) is 0 Å². The van der Waals surface area contributed by atoms with E-state index in [1.807, 2.05) is 31.6 Å². The average molecular weight is 380 g/mol. The number of nitrogens with zero attached hydrogens (tertiary/aromatic N) is 4. The molecule has 0 atom stereocenters. The van der Waals surface area contributed by atoms with Crippen molar-refractivity contribution in [1.29, 1.82) is 0 Å². The Balaban J connectivity index is 1.47. The van der Waals surface area contributed by atoms with Crippen LogP contribution in [0.2, 0.25) is 0 Å². The molecule has 0 aliphatic rings. The highest BCUT2D eigenvalue weighted by molar-refractivity contribution is 5.93. The number of carbonyl (C=O) groups excluding carboxylic acids is 1. The Morgan fingerprint density at radius 1 is 1.25 bits per heavy atom. The minimum atomic E-state index is -0.136. The van der Waals surface area contributed by atoms with Gasteiger partial charge in [-0.1, -0.05) is 30.3 Å². The van der Waals surface area contributed by atoms with Gasteiger partial charge in [-0.2, -0.15) is 10.2 Å². The monoisotopic (exact) mass is 380 g/mol. The Bertz CT molecular complexity index is 928. The molecule has 7 heteroatoms. The lowest BCUT2D eigenvalue weighted by Gasteiger charge is -2.16. The molecule has 3 aromatic rings. The molecule has 2 N–H and O–H groups in total. The third-order valence-corrected chi connectivity index (χ3v) is 4.89. The summed E-state index contributed by atoms with van der Waals surface area (Å²) in [6.45, 7) is 6.38. The molecule has 0 fully saturated rings. The summed E-state index contributed by atoms with van der Waals surface area (Å²) in [6, 6.07) is 12.2. The highest BCUT2D eigenvalue weighted by atomic mass is 16.1. The average Bonchev–Trinajstić information content (AvgIpc) is 3.24. The van der Waals surface area contributed by atoms with Crippen LogP contribution in [0.3, 0.4) is 0 Å². The fourth-order valence-electron chi connectivity index (χ4n) is 3.33. The molecule has 0 spiro atoms. The van der Waals surface area contributed by atoms with Crippen LogP contribution in [-0.2, 0) is 13.6 Å². The normalized spacial score (nSPS) is 11.2. The molecular formula is C21H28N6O. The second-order valence-corrected chi connectivity index (χ2v) is 7.17. The van der Waals surface area contributed by atoms with Gasteiger partial charge in [-0.25, -0.2) is 0 Å². The van der Waals surface area contributed by atoms with E-state index in [0.717, 1.165) is 42.2 Å². The second kappa shape index (κ2) is 8.84. The molecule has 0 aliphatic carbocycles. The van der Waals surface area contributed by atoms with Gasteiger partial charge in [0, 0.05) is 31.4 Å². The van der Waals surface area contributed by atoms with Gasteiger partial charge in [-0.15, -0.1) is 0 Å². The molecule has 2 heterocycles. The standard InChI is InChI=1S/C21H28N6O/c1-15-20(16(2)27(4)25-15)18-13-19(24-23-18)21(28)22-11-8-12-26(3)14-17-9-6-5-7-10-17/h5-7,9-10,13H,8,11-12,14H2,1-4H3,(H,22,28)(H,23,24). The smallest absolute Gasteiger partial charge is 0.269 e. The number of nitrogens with one attached hydrogen (secondary N) is 2. The van der Waals surface area contributed by atoms with Crippen molar-refractivity contribution in [3.63, 3.8) is 0 Å². The molecule has 0 saturated heterocycles. The summed E-state index contributed by atoms with van der Waals surface area (Å²) in [6.07, 6.45) is 0.886. The maximum Gasteiger partial charge on any atom is 0.269 e. The fraction of sp³-hybridized carbons (Fsp3) is 0.381. The Hall–Kier alpha value is -2.93. The molecule has 0 saturated carbocycles. The summed E-state index contributed by atoms with van der Waals surface area (Å²) >= 11 is 0. The van der Waals surface area contributed by atoms with Gasteiger partial charge in [0.1, 0.15) is 5.69 Å². The van der Waals surface area contributed by atoms with Crippen LogP contribution < -0.4 is 5.32 Å². The minimum Gasteiger partial charge on any atom is -0.351 e. The van der Waals surface area contributed by atoms with Crippen LogP contribution >= 0.6 is 0 Å². The zero-order valence-electron chi connectivity index (χ0n) is 17.0. The highest BCUT2D eigenvalue weighted by Gasteiger charge is 2.17. The maximum absolute atomic E-state index is 12.4. The summed E-state index contributed by atoms with van der Waals surface area (Å²) < 4.78 is 1.82. The molecule has 0 aliphatic heterocycles. The van der Waals surface area contributed by atoms with E-state index >= 15 is 0 Å². The summed E-state index contributed by atoms with van der Waals surface area (Å²) in [7, 11) is 4.00. The first kappa shape index (κ1) is 19.8. The van der Waals surface area contributed by atoms with E-state index in [4.69, 9.17) is 0 Å². The number of hydrogen-bond donors (Lipinski definition) is 2. The van der Waals surface area contributed by atoms with Crippen molar-refractivity contribution in [1.82, 2.24) is 30.2 Å². The first-order valence-corrected chi connectivity index (χ1v) is 9.52. The second-order valence-electron chi connectivity index (χ2n) is 7.17. The number of aromatic nitrogens is 4. The highest BCUT2D eigenvalue weighted by Crippen LogP contribution is 2.25. The van der Waals surface area contributed by atoms with Gasteiger partial charge in [0.15, 0.2) is 0 Å². The zero-order valence-corrected chi connectivity index (χ0v) is 17.0. The number of amides is 1. The lowest BCUT2D eigenvalue weighted by atomic mass is 10.1. The summed E-state index contributed by atoms with van der Waals surface area (Å²) in [4.78, 5) is 14.6. The van der Waals surface area contributed by atoms with E-state index in [9.17, 15) is 4.79 Å². The van der Waals surface area contributed by atoms with E-state index in [0.29, 0.717) is 12.2 Å². The molecule has 7 nitrogen and oxygen atoms in total. The van der Waals surface area contributed by atoms with Gasteiger partial charge < -0.3 is 10.2 Å². The van der Waals surface area contributed by atoms with Gasteiger partial charge in [-0.05, 0) is 45.5 Å². The molecule has 28 heavy (non-hydrogen) atoms. The number of benzene rings is 1. The van der Waals surface area contributed by atoms with Crippen LogP contribution in [0.1, 0.15) is 33.9 Å². The summed E-state index contributed by atoms with van der Waals surface area (Å²) in [5.74, 6) is -0.136. The third kappa shape index (κ3) is 4.67. The van der Waals surface area contributed by atoms with Crippen LogP contribution in [0, 0.1) is 13.8 Å². The molecule has 1 amide bonds. The number of aromatic amines is 1. The molecule has 0 unspecified atom stereocenters. The van der Waals surface area contributed by atoms with E-state index in [1.165, 1.54) is 5.56 Å². The summed E-state index contributed by atoms with van der Waals surface area (Å²) in [5.41, 5.74) is 5.41.